The Kier molecular flexibility index (Phi) is 7.63. The highest BCUT2D eigenvalue weighted by atomic mass is 19.1. The van der Waals surface area contributed by atoms with Gasteiger partial charge in [-0.2, -0.15) is 15.0 Å². The third kappa shape index (κ3) is 5.94. The van der Waals surface area contributed by atoms with Crippen molar-refractivity contribution in [3.8, 4) is 11.6 Å². The molecule has 2 aliphatic rings. The highest BCUT2D eigenvalue weighted by molar-refractivity contribution is 6.03. The number of carboxylic acid groups (broad SMARTS) is 1. The Morgan fingerprint density at radius 2 is 1.79 bits per heavy atom. The average Bonchev–Trinajstić information content (AvgIpc) is 3.62. The number of carbonyl (C=O) groups is 2. The molecule has 0 unspecified atom stereocenters. The first kappa shape index (κ1) is 26.8. The zero-order valence-electron chi connectivity index (χ0n) is 22.5. The highest BCUT2D eigenvalue weighted by Crippen LogP contribution is 2.45. The second kappa shape index (κ2) is 11.1. The van der Waals surface area contributed by atoms with Gasteiger partial charge in [-0.05, 0) is 75.8 Å². The van der Waals surface area contributed by atoms with Crippen LogP contribution in [0.1, 0.15) is 86.7 Å². The maximum Gasteiger partial charge on any atom is 0.337 e. The van der Waals surface area contributed by atoms with Gasteiger partial charge in [-0.1, -0.05) is 6.92 Å². The van der Waals surface area contributed by atoms with Gasteiger partial charge in [0.15, 0.2) is 11.6 Å². The molecule has 0 bridgehead atoms. The number of halogens is 1. The lowest BCUT2D eigenvalue weighted by Gasteiger charge is -2.34. The number of carbonyl (C=O) groups excluding carboxylic acids is 1. The molecule has 39 heavy (non-hydrogen) atoms. The molecule has 0 atom stereocenters. The number of pyridine rings is 1. The van der Waals surface area contributed by atoms with E-state index in [2.05, 4.69) is 22.1 Å². The molecule has 1 amide bonds. The maximum atomic E-state index is 15.5. The monoisotopic (exact) mass is 535 g/mol. The summed E-state index contributed by atoms with van der Waals surface area (Å²) in [6.07, 6.45) is 10.1. The van der Waals surface area contributed by atoms with Crippen molar-refractivity contribution in [2.75, 3.05) is 4.90 Å². The zero-order valence-corrected chi connectivity index (χ0v) is 22.5. The number of hydrogen-bond acceptors (Lipinski definition) is 6. The van der Waals surface area contributed by atoms with Crippen LogP contribution >= 0.6 is 0 Å². The third-order valence-electron chi connectivity index (χ3n) is 7.61. The van der Waals surface area contributed by atoms with E-state index < -0.39 is 11.8 Å². The number of benzene rings is 1. The molecule has 0 spiro atoms. The Morgan fingerprint density at radius 1 is 1.10 bits per heavy atom. The predicted octanol–water partition coefficient (Wildman–Crippen LogP) is 5.80. The summed E-state index contributed by atoms with van der Waals surface area (Å²) in [5.41, 5.74) is 1.58. The Hall–Kier alpha value is -3.82. The van der Waals surface area contributed by atoms with Crippen molar-refractivity contribution >= 4 is 17.6 Å². The SMILES string of the molecule is CC(C)N(c1cc(F)c(Oc2ncc(Cn3nccn3)cc2C2CC2)cc1C(=O)O)C(=O)[C@H]1CC[C@H](C)CC1. The fraction of sp³-hybridized carbons (Fsp3) is 0.483. The minimum Gasteiger partial charge on any atom is -0.478 e. The standard InChI is InChI=1S/C29H34FN5O4/c1-17(2)35(28(36)21-6-4-18(3)5-7-21)25-14-24(30)26(13-23(25)29(37)38)39-27-22(20-8-9-20)12-19(15-31-27)16-34-32-10-11-33-34/h10-15,17-18,20-21H,4-9,16H2,1-3H3,(H,37,38)/t18-,21-. The van der Waals surface area contributed by atoms with Crippen LogP contribution in [0.2, 0.25) is 0 Å². The first-order valence-electron chi connectivity index (χ1n) is 13.6. The van der Waals surface area contributed by atoms with Crippen LogP contribution in [0.3, 0.4) is 0 Å². The summed E-state index contributed by atoms with van der Waals surface area (Å²) in [6.45, 7) is 6.23. The second-order valence-corrected chi connectivity index (χ2v) is 11.0. The van der Waals surface area contributed by atoms with Crippen LogP contribution in [0.4, 0.5) is 10.1 Å². The number of carboxylic acids is 1. The highest BCUT2D eigenvalue weighted by Gasteiger charge is 2.34. The summed E-state index contributed by atoms with van der Waals surface area (Å²) in [7, 11) is 0. The van der Waals surface area contributed by atoms with Crippen LogP contribution in [-0.2, 0) is 11.3 Å². The molecule has 2 aliphatic carbocycles. The lowest BCUT2D eigenvalue weighted by molar-refractivity contribution is -0.123. The van der Waals surface area contributed by atoms with Crippen LogP contribution in [0.15, 0.2) is 36.8 Å². The Morgan fingerprint density at radius 3 is 2.41 bits per heavy atom. The number of amides is 1. The maximum absolute atomic E-state index is 15.5. The Labute approximate surface area is 227 Å². The van der Waals surface area contributed by atoms with E-state index in [9.17, 15) is 14.7 Å². The topological polar surface area (TPSA) is 110 Å². The van der Waals surface area contributed by atoms with E-state index in [1.807, 2.05) is 19.9 Å². The number of rotatable bonds is 9. The first-order chi connectivity index (χ1) is 18.7. The largest absolute Gasteiger partial charge is 0.478 e. The van der Waals surface area contributed by atoms with Gasteiger partial charge in [0.1, 0.15) is 0 Å². The van der Waals surface area contributed by atoms with Gasteiger partial charge in [0.05, 0.1) is 30.2 Å². The number of aromatic nitrogens is 4. The van der Waals surface area contributed by atoms with Gasteiger partial charge in [0, 0.05) is 35.9 Å². The lowest BCUT2D eigenvalue weighted by atomic mass is 9.82. The van der Waals surface area contributed by atoms with E-state index in [1.54, 1.807) is 23.4 Å². The molecule has 1 N–H and O–H groups in total. The molecule has 2 aromatic heterocycles. The fourth-order valence-electron chi connectivity index (χ4n) is 5.31. The molecule has 0 radical (unpaired) electrons. The summed E-state index contributed by atoms with van der Waals surface area (Å²) in [6, 6.07) is 3.88. The van der Waals surface area contributed by atoms with E-state index in [-0.39, 0.29) is 46.7 Å². The molecule has 5 rings (SSSR count). The van der Waals surface area contributed by atoms with Crippen LogP contribution in [-0.4, -0.2) is 43.0 Å². The molecule has 0 aliphatic heterocycles. The van der Waals surface area contributed by atoms with E-state index in [1.165, 1.54) is 11.0 Å². The van der Waals surface area contributed by atoms with Crippen LogP contribution in [0.25, 0.3) is 0 Å². The Balaban J connectivity index is 1.45. The molecule has 3 aromatic rings. The summed E-state index contributed by atoms with van der Waals surface area (Å²) < 4.78 is 21.5. The predicted molar refractivity (Wildman–Crippen MR) is 143 cm³/mol. The smallest absolute Gasteiger partial charge is 0.337 e. The molecule has 206 valence electrons. The van der Waals surface area contributed by atoms with E-state index in [0.29, 0.717) is 12.5 Å². The molecule has 10 heteroatoms. The summed E-state index contributed by atoms with van der Waals surface area (Å²) in [5, 5.41) is 18.3. The van der Waals surface area contributed by atoms with Crippen molar-refractivity contribution < 1.29 is 23.8 Å². The molecule has 2 fully saturated rings. The van der Waals surface area contributed by atoms with Crippen molar-refractivity contribution in [1.29, 1.82) is 0 Å². The van der Waals surface area contributed by atoms with Crippen molar-refractivity contribution in [1.82, 2.24) is 20.0 Å². The first-order valence-corrected chi connectivity index (χ1v) is 13.6. The number of hydrogen-bond donors (Lipinski definition) is 1. The minimum absolute atomic E-state index is 0.0448. The van der Waals surface area contributed by atoms with Crippen LogP contribution in [0.5, 0.6) is 11.6 Å². The van der Waals surface area contributed by atoms with Gasteiger partial charge in [-0.25, -0.2) is 14.2 Å². The van der Waals surface area contributed by atoms with E-state index in [4.69, 9.17) is 4.74 Å². The molecule has 2 heterocycles. The van der Waals surface area contributed by atoms with E-state index >= 15 is 4.39 Å². The summed E-state index contributed by atoms with van der Waals surface area (Å²) >= 11 is 0. The molecular formula is C29H34FN5O4. The van der Waals surface area contributed by atoms with Gasteiger partial charge in [0.2, 0.25) is 11.8 Å². The van der Waals surface area contributed by atoms with Crippen LogP contribution in [0, 0.1) is 17.7 Å². The number of ether oxygens (including phenoxy) is 1. The molecule has 0 saturated heterocycles. The van der Waals surface area contributed by atoms with E-state index in [0.717, 1.165) is 55.7 Å². The molecule has 1 aromatic carbocycles. The van der Waals surface area contributed by atoms with Gasteiger partial charge in [0.25, 0.3) is 0 Å². The van der Waals surface area contributed by atoms with Gasteiger partial charge in [-0.15, -0.1) is 0 Å². The Bertz CT molecular complexity index is 1350. The summed E-state index contributed by atoms with van der Waals surface area (Å²) in [5.74, 6) is -1.57. The fourth-order valence-corrected chi connectivity index (χ4v) is 5.31. The van der Waals surface area contributed by atoms with Crippen molar-refractivity contribution in [3.63, 3.8) is 0 Å². The van der Waals surface area contributed by atoms with Crippen molar-refractivity contribution in [2.24, 2.45) is 11.8 Å². The van der Waals surface area contributed by atoms with Gasteiger partial charge in [-0.3, -0.25) is 4.79 Å². The number of nitrogens with zero attached hydrogens (tertiary/aromatic N) is 5. The molecule has 2 saturated carbocycles. The van der Waals surface area contributed by atoms with Gasteiger partial charge < -0.3 is 14.7 Å². The van der Waals surface area contributed by atoms with Crippen LogP contribution < -0.4 is 9.64 Å². The number of anilines is 1. The molecular weight excluding hydrogens is 501 g/mol. The third-order valence-corrected chi connectivity index (χ3v) is 7.61. The second-order valence-electron chi connectivity index (χ2n) is 11.0. The normalized spacial score (nSPS) is 19.2. The zero-order chi connectivity index (χ0) is 27.7. The lowest BCUT2D eigenvalue weighted by Crippen LogP contribution is -2.43. The quantitative estimate of drug-likeness (QED) is 0.369. The summed E-state index contributed by atoms with van der Waals surface area (Å²) in [4.78, 5) is 33.3. The average molecular weight is 536 g/mol. The van der Waals surface area contributed by atoms with Gasteiger partial charge >= 0.3 is 5.97 Å². The van der Waals surface area contributed by atoms with Crippen molar-refractivity contribution in [3.05, 3.63) is 59.3 Å². The minimum atomic E-state index is -1.26. The van der Waals surface area contributed by atoms with Crippen molar-refractivity contribution in [2.45, 2.75) is 77.8 Å². The number of aromatic carboxylic acids is 1. The molecule has 9 nitrogen and oxygen atoms in total.